The number of aromatic nitrogens is 1. The number of anilines is 1. The molecule has 0 atom stereocenters. The van der Waals surface area contributed by atoms with E-state index in [4.69, 9.17) is 4.42 Å². The summed E-state index contributed by atoms with van der Waals surface area (Å²) >= 11 is 0. The van der Waals surface area contributed by atoms with Crippen LogP contribution in [0.25, 0.3) is 11.3 Å². The molecule has 2 heterocycles. The Kier molecular flexibility index (Phi) is 5.13. The van der Waals surface area contributed by atoms with Crippen LogP contribution in [-0.2, 0) is 10.0 Å². The molecule has 2 aromatic carbocycles. The molecule has 29 heavy (non-hydrogen) atoms. The zero-order chi connectivity index (χ0) is 20.3. The highest BCUT2D eigenvalue weighted by Crippen LogP contribution is 2.24. The number of hydrogen-bond acceptors (Lipinski definition) is 6. The molecule has 0 saturated carbocycles. The van der Waals surface area contributed by atoms with E-state index < -0.39 is 15.9 Å². The average Bonchev–Trinajstić information content (AvgIpc) is 3.40. The second kappa shape index (κ2) is 7.88. The quantitative estimate of drug-likeness (QED) is 0.671. The standard InChI is InChI=1S/C20H18N4O4S/c25-20(18-19(28-13-22-18)14-6-2-1-3-7-14)23-15-8-4-9-16(12-15)29(26,27)24-17-10-5-11-21-17/h1-4,6-9,12-13H,5,10-11H2,(H,21,24)(H,23,25). The molecule has 1 aliphatic heterocycles. The van der Waals surface area contributed by atoms with Gasteiger partial charge in [0.2, 0.25) is 0 Å². The number of hydrogen-bond donors (Lipinski definition) is 2. The van der Waals surface area contributed by atoms with Gasteiger partial charge in [0.25, 0.3) is 15.9 Å². The van der Waals surface area contributed by atoms with Crippen LogP contribution in [0, 0.1) is 0 Å². The van der Waals surface area contributed by atoms with Gasteiger partial charge in [0.1, 0.15) is 5.84 Å². The highest BCUT2D eigenvalue weighted by Gasteiger charge is 2.21. The maximum atomic E-state index is 12.7. The maximum absolute atomic E-state index is 12.7. The van der Waals surface area contributed by atoms with Crippen molar-refractivity contribution in [2.45, 2.75) is 17.7 Å². The van der Waals surface area contributed by atoms with E-state index in [2.05, 4.69) is 20.0 Å². The van der Waals surface area contributed by atoms with Crippen LogP contribution in [0.1, 0.15) is 23.3 Å². The fourth-order valence-corrected chi connectivity index (χ4v) is 4.10. The highest BCUT2D eigenvalue weighted by molar-refractivity contribution is 7.90. The number of carbonyl (C=O) groups is 1. The van der Waals surface area contributed by atoms with Crippen molar-refractivity contribution in [1.29, 1.82) is 0 Å². The average molecular weight is 410 g/mol. The number of nitrogens with zero attached hydrogens (tertiary/aromatic N) is 2. The molecule has 2 N–H and O–H groups in total. The van der Waals surface area contributed by atoms with Crippen LogP contribution >= 0.6 is 0 Å². The monoisotopic (exact) mass is 410 g/mol. The molecule has 8 nitrogen and oxygen atoms in total. The van der Waals surface area contributed by atoms with Gasteiger partial charge in [-0.05, 0) is 24.6 Å². The zero-order valence-corrected chi connectivity index (χ0v) is 16.1. The van der Waals surface area contributed by atoms with Crippen LogP contribution in [0.3, 0.4) is 0 Å². The third-order valence-electron chi connectivity index (χ3n) is 4.35. The van der Waals surface area contributed by atoms with E-state index >= 15 is 0 Å². The van der Waals surface area contributed by atoms with Crippen LogP contribution in [0.15, 0.2) is 75.3 Å². The molecule has 0 saturated heterocycles. The number of rotatable bonds is 5. The Hall–Kier alpha value is -3.46. The molecule has 0 aliphatic carbocycles. The molecular weight excluding hydrogens is 392 g/mol. The lowest BCUT2D eigenvalue weighted by Crippen LogP contribution is -2.29. The Labute approximate surface area is 167 Å². The first-order valence-electron chi connectivity index (χ1n) is 8.99. The minimum atomic E-state index is -3.77. The molecule has 0 radical (unpaired) electrons. The fraction of sp³-hybridized carbons (Fsp3) is 0.150. The summed E-state index contributed by atoms with van der Waals surface area (Å²) in [5, 5.41) is 2.68. The number of oxazole rings is 1. The Balaban J connectivity index is 1.55. The van der Waals surface area contributed by atoms with Gasteiger partial charge in [0.15, 0.2) is 17.8 Å². The van der Waals surface area contributed by atoms with Crippen LogP contribution in [-0.4, -0.2) is 31.7 Å². The molecule has 9 heteroatoms. The molecule has 0 bridgehead atoms. The molecule has 1 aliphatic rings. The van der Waals surface area contributed by atoms with Gasteiger partial charge in [-0.2, -0.15) is 0 Å². The first-order valence-corrected chi connectivity index (χ1v) is 10.5. The molecule has 148 valence electrons. The SMILES string of the molecule is O=C(Nc1cccc(S(=O)(=O)NC2=NCCC2)c1)c1ncoc1-c1ccccc1. The Morgan fingerprint density at radius 2 is 1.90 bits per heavy atom. The fourth-order valence-electron chi connectivity index (χ4n) is 2.97. The van der Waals surface area contributed by atoms with Crippen LogP contribution in [0.2, 0.25) is 0 Å². The largest absolute Gasteiger partial charge is 0.443 e. The summed E-state index contributed by atoms with van der Waals surface area (Å²) in [5.74, 6) is 0.294. The summed E-state index contributed by atoms with van der Waals surface area (Å²) in [6.45, 7) is 0.620. The van der Waals surface area contributed by atoms with E-state index in [1.807, 2.05) is 30.3 Å². The van der Waals surface area contributed by atoms with Crippen molar-refractivity contribution in [2.24, 2.45) is 4.99 Å². The Morgan fingerprint density at radius 3 is 2.66 bits per heavy atom. The predicted molar refractivity (Wildman–Crippen MR) is 108 cm³/mol. The van der Waals surface area contributed by atoms with Crippen molar-refractivity contribution >= 4 is 27.5 Å². The third kappa shape index (κ3) is 4.19. The highest BCUT2D eigenvalue weighted by atomic mass is 32.2. The minimum Gasteiger partial charge on any atom is -0.443 e. The number of aliphatic imine (C=N–C) groups is 1. The van der Waals surface area contributed by atoms with Crippen molar-refractivity contribution in [3.8, 4) is 11.3 Å². The number of benzene rings is 2. The van der Waals surface area contributed by atoms with Crippen molar-refractivity contribution in [1.82, 2.24) is 9.71 Å². The molecule has 0 fully saturated rings. The summed E-state index contributed by atoms with van der Waals surface area (Å²) in [6.07, 6.45) is 2.63. The lowest BCUT2D eigenvalue weighted by atomic mass is 10.1. The van der Waals surface area contributed by atoms with E-state index in [1.54, 1.807) is 12.1 Å². The zero-order valence-electron chi connectivity index (χ0n) is 15.3. The van der Waals surface area contributed by atoms with Gasteiger partial charge < -0.3 is 9.73 Å². The van der Waals surface area contributed by atoms with Crippen LogP contribution in [0.4, 0.5) is 5.69 Å². The normalized spacial score (nSPS) is 13.7. The lowest BCUT2D eigenvalue weighted by molar-refractivity contribution is 0.102. The first-order chi connectivity index (χ1) is 14.0. The van der Waals surface area contributed by atoms with E-state index in [0.717, 1.165) is 6.42 Å². The van der Waals surface area contributed by atoms with Gasteiger partial charge in [-0.3, -0.25) is 14.5 Å². The third-order valence-corrected chi connectivity index (χ3v) is 5.73. The summed E-state index contributed by atoms with van der Waals surface area (Å²) in [6, 6.07) is 15.1. The number of amides is 1. The van der Waals surface area contributed by atoms with Gasteiger partial charge in [-0.25, -0.2) is 13.4 Å². The molecular formula is C20H18N4O4S. The number of nitrogens with one attached hydrogen (secondary N) is 2. The van der Waals surface area contributed by atoms with E-state index in [1.165, 1.54) is 18.5 Å². The summed E-state index contributed by atoms with van der Waals surface area (Å²) in [5.41, 5.74) is 1.16. The second-order valence-corrected chi connectivity index (χ2v) is 8.10. The molecule has 1 aromatic heterocycles. The van der Waals surface area contributed by atoms with Crippen LogP contribution in [0.5, 0.6) is 0 Å². The van der Waals surface area contributed by atoms with Crippen molar-refractivity contribution in [3.63, 3.8) is 0 Å². The maximum Gasteiger partial charge on any atom is 0.278 e. The first kappa shape index (κ1) is 18.9. The van der Waals surface area contributed by atoms with Crippen molar-refractivity contribution in [3.05, 3.63) is 66.7 Å². The van der Waals surface area contributed by atoms with Gasteiger partial charge >= 0.3 is 0 Å². The lowest BCUT2D eigenvalue weighted by Gasteiger charge is -2.10. The van der Waals surface area contributed by atoms with Gasteiger partial charge in [0, 0.05) is 24.2 Å². The molecule has 3 aromatic rings. The van der Waals surface area contributed by atoms with E-state index in [0.29, 0.717) is 35.8 Å². The Bertz CT molecular complexity index is 1170. The molecule has 4 rings (SSSR count). The van der Waals surface area contributed by atoms with Gasteiger partial charge in [0.05, 0.1) is 4.90 Å². The summed E-state index contributed by atoms with van der Waals surface area (Å²) in [7, 11) is -3.77. The van der Waals surface area contributed by atoms with E-state index in [9.17, 15) is 13.2 Å². The van der Waals surface area contributed by atoms with Gasteiger partial charge in [-0.1, -0.05) is 36.4 Å². The summed E-state index contributed by atoms with van der Waals surface area (Å²) in [4.78, 5) is 20.9. The number of amidine groups is 1. The topological polar surface area (TPSA) is 114 Å². The minimum absolute atomic E-state index is 0.0355. The molecule has 0 spiro atoms. The predicted octanol–water partition coefficient (Wildman–Crippen LogP) is 3.06. The number of carbonyl (C=O) groups excluding carboxylic acids is 1. The molecule has 1 amide bonds. The van der Waals surface area contributed by atoms with Gasteiger partial charge in [-0.15, -0.1) is 0 Å². The van der Waals surface area contributed by atoms with Crippen molar-refractivity contribution < 1.29 is 17.6 Å². The number of sulfonamides is 1. The smallest absolute Gasteiger partial charge is 0.278 e. The molecule has 0 unspecified atom stereocenters. The van der Waals surface area contributed by atoms with Crippen molar-refractivity contribution in [2.75, 3.05) is 11.9 Å². The Morgan fingerprint density at radius 1 is 1.07 bits per heavy atom. The van der Waals surface area contributed by atoms with E-state index in [-0.39, 0.29) is 10.6 Å². The summed E-state index contributed by atoms with van der Waals surface area (Å²) < 4.78 is 33.0. The van der Waals surface area contributed by atoms with Crippen LogP contribution < -0.4 is 10.0 Å². The second-order valence-electron chi connectivity index (χ2n) is 6.42.